The molecule has 5 nitrogen and oxygen atoms in total. The Morgan fingerprint density at radius 1 is 1.20 bits per heavy atom. The zero-order chi connectivity index (χ0) is 14.1. The second-order valence-corrected chi connectivity index (χ2v) is 5.55. The number of anilines is 1. The van der Waals surface area contributed by atoms with E-state index in [-0.39, 0.29) is 11.8 Å². The number of benzene rings is 1. The summed E-state index contributed by atoms with van der Waals surface area (Å²) in [6.45, 7) is 3.50. The van der Waals surface area contributed by atoms with Crippen LogP contribution in [0.1, 0.15) is 22.3 Å². The van der Waals surface area contributed by atoms with Crippen LogP contribution in [0.15, 0.2) is 18.2 Å². The second-order valence-electron chi connectivity index (χ2n) is 5.55. The van der Waals surface area contributed by atoms with E-state index in [0.717, 1.165) is 43.9 Å². The van der Waals surface area contributed by atoms with Crippen molar-refractivity contribution in [3.8, 4) is 0 Å². The molecule has 0 aliphatic carbocycles. The van der Waals surface area contributed by atoms with Crippen LogP contribution in [0.4, 0.5) is 5.69 Å². The average molecular weight is 273 g/mol. The van der Waals surface area contributed by atoms with Crippen molar-refractivity contribution in [1.29, 1.82) is 0 Å². The number of carbonyl (C=O) groups excluding carboxylic acids is 2. The maximum absolute atomic E-state index is 12.5. The molecule has 1 fully saturated rings. The van der Waals surface area contributed by atoms with Crippen molar-refractivity contribution in [3.63, 3.8) is 0 Å². The lowest BCUT2D eigenvalue weighted by atomic mass is 10.1. The predicted octanol–water partition coefficient (Wildman–Crippen LogP) is 0.959. The first-order valence-electron chi connectivity index (χ1n) is 7.04. The van der Waals surface area contributed by atoms with E-state index in [1.165, 1.54) is 0 Å². The van der Waals surface area contributed by atoms with Crippen molar-refractivity contribution in [2.45, 2.75) is 12.8 Å². The minimum atomic E-state index is 0.000922. The summed E-state index contributed by atoms with van der Waals surface area (Å²) >= 11 is 0. The molecule has 106 valence electrons. The molecule has 0 radical (unpaired) electrons. The molecule has 2 amide bonds. The highest BCUT2D eigenvalue weighted by Crippen LogP contribution is 2.24. The summed E-state index contributed by atoms with van der Waals surface area (Å²) in [6.07, 6.45) is 1.42. The van der Waals surface area contributed by atoms with Crippen LogP contribution in [-0.2, 0) is 11.2 Å². The Hall–Kier alpha value is -1.88. The third-order valence-electron chi connectivity index (χ3n) is 3.99. The molecule has 0 aromatic heterocycles. The fraction of sp³-hybridized carbons (Fsp3) is 0.467. The normalized spacial score (nSPS) is 19.4. The Kier molecular flexibility index (Phi) is 3.44. The molecule has 0 saturated carbocycles. The summed E-state index contributed by atoms with van der Waals surface area (Å²) in [4.78, 5) is 28.0. The molecule has 1 N–H and O–H groups in total. The molecule has 0 bridgehead atoms. The molecular formula is C15H19N3O2. The van der Waals surface area contributed by atoms with Gasteiger partial charge in [-0.15, -0.1) is 0 Å². The highest BCUT2D eigenvalue weighted by molar-refractivity contribution is 6.02. The van der Waals surface area contributed by atoms with Crippen molar-refractivity contribution < 1.29 is 9.59 Å². The Bertz CT molecular complexity index is 556. The van der Waals surface area contributed by atoms with Gasteiger partial charge in [-0.05, 0) is 37.7 Å². The number of hydrogen-bond acceptors (Lipinski definition) is 3. The highest BCUT2D eigenvalue weighted by Gasteiger charge is 2.22. The number of nitrogens with zero attached hydrogens (tertiary/aromatic N) is 2. The monoisotopic (exact) mass is 273 g/mol. The van der Waals surface area contributed by atoms with Crippen molar-refractivity contribution in [2.75, 3.05) is 38.5 Å². The SMILES string of the molecule is CN1CCCN(C(=O)c2ccc3c(c2)NC(=O)C3)CC1. The van der Waals surface area contributed by atoms with Crippen LogP contribution in [0, 0.1) is 0 Å². The maximum Gasteiger partial charge on any atom is 0.253 e. The molecule has 3 rings (SSSR count). The van der Waals surface area contributed by atoms with E-state index < -0.39 is 0 Å². The van der Waals surface area contributed by atoms with Crippen molar-refractivity contribution in [1.82, 2.24) is 9.80 Å². The molecule has 1 saturated heterocycles. The molecule has 1 aromatic rings. The topological polar surface area (TPSA) is 52.6 Å². The lowest BCUT2D eigenvalue weighted by Crippen LogP contribution is -2.34. The van der Waals surface area contributed by atoms with E-state index in [1.807, 2.05) is 17.0 Å². The van der Waals surface area contributed by atoms with Gasteiger partial charge >= 0.3 is 0 Å². The van der Waals surface area contributed by atoms with E-state index in [0.29, 0.717) is 12.0 Å². The number of rotatable bonds is 1. The summed E-state index contributed by atoms with van der Waals surface area (Å²) in [6, 6.07) is 5.51. The number of carbonyl (C=O) groups is 2. The van der Waals surface area contributed by atoms with E-state index in [1.54, 1.807) is 6.07 Å². The fourth-order valence-corrected chi connectivity index (χ4v) is 2.78. The fourth-order valence-electron chi connectivity index (χ4n) is 2.78. The van der Waals surface area contributed by atoms with Gasteiger partial charge in [0.05, 0.1) is 6.42 Å². The number of fused-ring (bicyclic) bond motifs is 1. The van der Waals surface area contributed by atoms with E-state index in [9.17, 15) is 9.59 Å². The molecule has 2 aliphatic heterocycles. The van der Waals surface area contributed by atoms with Gasteiger partial charge < -0.3 is 15.1 Å². The minimum Gasteiger partial charge on any atom is -0.337 e. The van der Waals surface area contributed by atoms with Crippen molar-refractivity contribution in [3.05, 3.63) is 29.3 Å². The maximum atomic E-state index is 12.5. The zero-order valence-electron chi connectivity index (χ0n) is 11.7. The van der Waals surface area contributed by atoms with Crippen LogP contribution in [0.25, 0.3) is 0 Å². The quantitative estimate of drug-likeness (QED) is 0.829. The van der Waals surface area contributed by atoms with Crippen LogP contribution >= 0.6 is 0 Å². The third kappa shape index (κ3) is 2.54. The van der Waals surface area contributed by atoms with Crippen LogP contribution < -0.4 is 5.32 Å². The molecule has 20 heavy (non-hydrogen) atoms. The zero-order valence-corrected chi connectivity index (χ0v) is 11.7. The summed E-state index contributed by atoms with van der Waals surface area (Å²) < 4.78 is 0. The van der Waals surface area contributed by atoms with Crippen molar-refractivity contribution in [2.24, 2.45) is 0 Å². The first kappa shape index (κ1) is 13.1. The molecular weight excluding hydrogens is 254 g/mol. The highest BCUT2D eigenvalue weighted by atomic mass is 16.2. The van der Waals surface area contributed by atoms with Gasteiger partial charge in [-0.1, -0.05) is 6.07 Å². The van der Waals surface area contributed by atoms with Gasteiger partial charge in [0.15, 0.2) is 0 Å². The van der Waals surface area contributed by atoms with Gasteiger partial charge in [0.1, 0.15) is 0 Å². The Labute approximate surface area is 118 Å². The molecule has 5 heteroatoms. The van der Waals surface area contributed by atoms with E-state index >= 15 is 0 Å². The summed E-state index contributed by atoms with van der Waals surface area (Å²) in [7, 11) is 2.08. The summed E-state index contributed by atoms with van der Waals surface area (Å²) in [5, 5.41) is 2.80. The van der Waals surface area contributed by atoms with Gasteiger partial charge in [0.2, 0.25) is 5.91 Å². The minimum absolute atomic E-state index is 0.000922. The lowest BCUT2D eigenvalue weighted by Gasteiger charge is -2.20. The second kappa shape index (κ2) is 5.25. The Morgan fingerprint density at radius 3 is 2.90 bits per heavy atom. The molecule has 2 aliphatic rings. The van der Waals surface area contributed by atoms with Gasteiger partial charge in [-0.3, -0.25) is 9.59 Å². The van der Waals surface area contributed by atoms with Gasteiger partial charge in [0, 0.05) is 30.9 Å². The average Bonchev–Trinajstić information content (AvgIpc) is 2.66. The van der Waals surface area contributed by atoms with Crippen LogP contribution in [0.3, 0.4) is 0 Å². The molecule has 1 aromatic carbocycles. The first-order valence-corrected chi connectivity index (χ1v) is 7.04. The van der Waals surface area contributed by atoms with Crippen LogP contribution in [-0.4, -0.2) is 54.8 Å². The largest absolute Gasteiger partial charge is 0.337 e. The van der Waals surface area contributed by atoms with E-state index in [2.05, 4.69) is 17.3 Å². The van der Waals surface area contributed by atoms with Gasteiger partial charge in [0.25, 0.3) is 5.91 Å². The smallest absolute Gasteiger partial charge is 0.253 e. The van der Waals surface area contributed by atoms with E-state index in [4.69, 9.17) is 0 Å². The molecule has 0 spiro atoms. The molecule has 2 heterocycles. The molecule has 0 atom stereocenters. The van der Waals surface area contributed by atoms with Gasteiger partial charge in [-0.25, -0.2) is 0 Å². The van der Waals surface area contributed by atoms with Gasteiger partial charge in [-0.2, -0.15) is 0 Å². The van der Waals surface area contributed by atoms with Crippen LogP contribution in [0.5, 0.6) is 0 Å². The number of likely N-dealkylation sites (N-methyl/N-ethyl adjacent to an activating group) is 1. The lowest BCUT2D eigenvalue weighted by molar-refractivity contribution is -0.115. The Morgan fingerprint density at radius 2 is 2.05 bits per heavy atom. The third-order valence-corrected chi connectivity index (χ3v) is 3.99. The number of nitrogens with one attached hydrogen (secondary N) is 1. The number of amides is 2. The first-order chi connectivity index (χ1) is 9.63. The van der Waals surface area contributed by atoms with Crippen LogP contribution in [0.2, 0.25) is 0 Å². The predicted molar refractivity (Wildman–Crippen MR) is 76.8 cm³/mol. The van der Waals surface area contributed by atoms with Crippen molar-refractivity contribution >= 4 is 17.5 Å². The summed E-state index contributed by atoms with van der Waals surface area (Å²) in [5.41, 5.74) is 2.42. The molecule has 0 unspecified atom stereocenters. The standard InChI is InChI=1S/C15H19N3O2/c1-17-5-2-6-18(8-7-17)15(20)12-4-3-11-10-14(19)16-13(11)9-12/h3-4,9H,2,5-8,10H2,1H3,(H,16,19). The summed E-state index contributed by atoms with van der Waals surface area (Å²) in [5.74, 6) is 0.0604. The Balaban J connectivity index is 1.77. The number of hydrogen-bond donors (Lipinski definition) is 1.